The molecule has 1 atom stereocenters. The molecule has 1 unspecified atom stereocenters. The maximum Gasteiger partial charge on any atom is 0.220 e. The van der Waals surface area contributed by atoms with Gasteiger partial charge in [-0.3, -0.25) is 4.79 Å². The van der Waals surface area contributed by atoms with Crippen LogP contribution in [-0.4, -0.2) is 44.8 Å². The van der Waals surface area contributed by atoms with E-state index >= 15 is 0 Å². The van der Waals surface area contributed by atoms with E-state index in [9.17, 15) is 4.79 Å². The molecule has 2 heterocycles. The Labute approximate surface area is 125 Å². The molecule has 2 fully saturated rings. The molecule has 0 spiro atoms. The zero-order valence-corrected chi connectivity index (χ0v) is 12.3. The summed E-state index contributed by atoms with van der Waals surface area (Å²) in [6.07, 6.45) is 1.56. The highest BCUT2D eigenvalue weighted by Gasteiger charge is 2.17. The van der Waals surface area contributed by atoms with E-state index in [0.717, 1.165) is 45.8 Å². The van der Waals surface area contributed by atoms with Crippen molar-refractivity contribution in [3.05, 3.63) is 29.8 Å². The number of rotatable bonds is 4. The quantitative estimate of drug-likeness (QED) is 0.864. The van der Waals surface area contributed by atoms with Crippen molar-refractivity contribution in [3.8, 4) is 0 Å². The maximum absolute atomic E-state index is 11.1. The first-order valence-corrected chi connectivity index (χ1v) is 7.73. The summed E-state index contributed by atoms with van der Waals surface area (Å²) in [5.41, 5.74) is 2.55. The number of carbonyl (C=O) groups excluding carboxylic acids is 1. The van der Waals surface area contributed by atoms with Gasteiger partial charge in [0.2, 0.25) is 5.91 Å². The topological polar surface area (TPSA) is 53.6 Å². The van der Waals surface area contributed by atoms with Gasteiger partial charge in [0.1, 0.15) is 0 Å². The van der Waals surface area contributed by atoms with Crippen molar-refractivity contribution in [1.29, 1.82) is 0 Å². The van der Waals surface area contributed by atoms with Gasteiger partial charge in [0.25, 0.3) is 0 Å². The van der Waals surface area contributed by atoms with Crippen molar-refractivity contribution in [2.24, 2.45) is 0 Å². The Morgan fingerprint density at radius 3 is 2.67 bits per heavy atom. The molecule has 0 aliphatic carbocycles. The van der Waals surface area contributed by atoms with Crippen molar-refractivity contribution >= 4 is 11.6 Å². The molecule has 0 saturated carbocycles. The first kappa shape index (κ1) is 14.4. The third kappa shape index (κ3) is 3.95. The van der Waals surface area contributed by atoms with Crippen molar-refractivity contribution in [2.45, 2.75) is 25.4 Å². The molecule has 1 aromatic carbocycles. The number of morpholine rings is 1. The van der Waals surface area contributed by atoms with E-state index in [-0.39, 0.29) is 5.91 Å². The van der Waals surface area contributed by atoms with Crippen LogP contribution in [0, 0.1) is 0 Å². The number of piperidine rings is 1. The molecule has 0 radical (unpaired) electrons. The van der Waals surface area contributed by atoms with Crippen molar-refractivity contribution in [2.75, 3.05) is 37.7 Å². The van der Waals surface area contributed by atoms with Gasteiger partial charge in [0.05, 0.1) is 13.2 Å². The summed E-state index contributed by atoms with van der Waals surface area (Å²) in [4.78, 5) is 13.5. The largest absolute Gasteiger partial charge is 0.378 e. The van der Waals surface area contributed by atoms with Crippen LogP contribution in [0.5, 0.6) is 0 Å². The molecule has 2 N–H and O–H groups in total. The summed E-state index contributed by atoms with van der Waals surface area (Å²) in [6, 6.07) is 9.12. The maximum atomic E-state index is 11.1. The Morgan fingerprint density at radius 2 is 2.00 bits per heavy atom. The molecule has 21 heavy (non-hydrogen) atoms. The second kappa shape index (κ2) is 6.91. The number of nitrogens with zero attached hydrogens (tertiary/aromatic N) is 1. The Morgan fingerprint density at radius 1 is 1.24 bits per heavy atom. The molecule has 2 aliphatic rings. The predicted molar refractivity (Wildman–Crippen MR) is 82.3 cm³/mol. The summed E-state index contributed by atoms with van der Waals surface area (Å²) < 4.78 is 5.38. The molecule has 5 nitrogen and oxygen atoms in total. The standard InChI is InChI=1S/C16H23N3O2/c20-16-6-3-14(12-18-16)17-11-13-1-4-15(5-2-13)19-7-9-21-10-8-19/h1-2,4-5,14,17H,3,6-12H2,(H,18,20). The molecule has 2 saturated heterocycles. The van der Waals surface area contributed by atoms with Gasteiger partial charge < -0.3 is 20.3 Å². The van der Waals surface area contributed by atoms with Crippen LogP contribution in [0.25, 0.3) is 0 Å². The summed E-state index contributed by atoms with van der Waals surface area (Å²) >= 11 is 0. The Kier molecular flexibility index (Phi) is 4.72. The zero-order chi connectivity index (χ0) is 14.5. The number of carbonyl (C=O) groups is 1. The van der Waals surface area contributed by atoms with E-state index in [4.69, 9.17) is 4.74 Å². The molecular weight excluding hydrogens is 266 g/mol. The number of nitrogens with one attached hydrogen (secondary N) is 2. The molecule has 1 amide bonds. The first-order chi connectivity index (χ1) is 10.3. The second-order valence-electron chi connectivity index (χ2n) is 5.69. The number of hydrogen-bond acceptors (Lipinski definition) is 4. The Balaban J connectivity index is 1.49. The van der Waals surface area contributed by atoms with Crippen LogP contribution in [0.2, 0.25) is 0 Å². The average Bonchev–Trinajstić information content (AvgIpc) is 2.56. The third-order valence-electron chi connectivity index (χ3n) is 4.17. The lowest BCUT2D eigenvalue weighted by Gasteiger charge is -2.29. The van der Waals surface area contributed by atoms with Gasteiger partial charge in [0, 0.05) is 44.3 Å². The van der Waals surface area contributed by atoms with E-state index in [1.807, 2.05) is 0 Å². The number of ether oxygens (including phenoxy) is 1. The van der Waals surface area contributed by atoms with Crippen molar-refractivity contribution in [3.63, 3.8) is 0 Å². The van der Waals surface area contributed by atoms with E-state index in [2.05, 4.69) is 39.8 Å². The highest BCUT2D eigenvalue weighted by atomic mass is 16.5. The van der Waals surface area contributed by atoms with Gasteiger partial charge in [-0.05, 0) is 24.1 Å². The zero-order valence-electron chi connectivity index (χ0n) is 12.3. The number of anilines is 1. The van der Waals surface area contributed by atoms with E-state index in [0.29, 0.717) is 12.5 Å². The summed E-state index contributed by atoms with van der Waals surface area (Å²) in [5, 5.41) is 6.41. The smallest absolute Gasteiger partial charge is 0.220 e. The average molecular weight is 289 g/mol. The third-order valence-corrected chi connectivity index (χ3v) is 4.17. The minimum atomic E-state index is 0.169. The van der Waals surface area contributed by atoms with Gasteiger partial charge in [-0.15, -0.1) is 0 Å². The van der Waals surface area contributed by atoms with Crippen molar-refractivity contribution < 1.29 is 9.53 Å². The van der Waals surface area contributed by atoms with Gasteiger partial charge in [0.15, 0.2) is 0 Å². The predicted octanol–water partition coefficient (Wildman–Crippen LogP) is 0.891. The van der Waals surface area contributed by atoms with E-state index in [1.165, 1.54) is 11.3 Å². The van der Waals surface area contributed by atoms with Gasteiger partial charge >= 0.3 is 0 Å². The van der Waals surface area contributed by atoms with Crippen LogP contribution in [0.1, 0.15) is 18.4 Å². The monoisotopic (exact) mass is 289 g/mol. The van der Waals surface area contributed by atoms with Crippen LogP contribution in [0.4, 0.5) is 5.69 Å². The minimum absolute atomic E-state index is 0.169. The lowest BCUT2D eigenvalue weighted by molar-refractivity contribution is -0.122. The molecule has 0 bridgehead atoms. The normalized spacial score (nSPS) is 23.0. The van der Waals surface area contributed by atoms with Crippen LogP contribution >= 0.6 is 0 Å². The van der Waals surface area contributed by atoms with E-state index in [1.54, 1.807) is 0 Å². The fraction of sp³-hybridized carbons (Fsp3) is 0.562. The van der Waals surface area contributed by atoms with Crippen LogP contribution in [0.15, 0.2) is 24.3 Å². The molecule has 1 aromatic rings. The Bertz CT molecular complexity index is 459. The highest BCUT2D eigenvalue weighted by molar-refractivity contribution is 5.76. The van der Waals surface area contributed by atoms with Gasteiger partial charge in [-0.2, -0.15) is 0 Å². The minimum Gasteiger partial charge on any atom is -0.378 e. The molecular formula is C16H23N3O2. The van der Waals surface area contributed by atoms with Crippen LogP contribution < -0.4 is 15.5 Å². The van der Waals surface area contributed by atoms with Crippen LogP contribution in [-0.2, 0) is 16.1 Å². The summed E-state index contributed by atoms with van der Waals surface area (Å²) in [6.45, 7) is 5.17. The SMILES string of the molecule is O=C1CCC(NCc2ccc(N3CCOCC3)cc2)CN1. The number of benzene rings is 1. The van der Waals surface area contributed by atoms with E-state index < -0.39 is 0 Å². The lowest BCUT2D eigenvalue weighted by Crippen LogP contribution is -2.45. The number of hydrogen-bond donors (Lipinski definition) is 2. The summed E-state index contributed by atoms with van der Waals surface area (Å²) in [7, 11) is 0. The first-order valence-electron chi connectivity index (χ1n) is 7.73. The number of amides is 1. The van der Waals surface area contributed by atoms with Gasteiger partial charge in [-0.1, -0.05) is 12.1 Å². The fourth-order valence-electron chi connectivity index (χ4n) is 2.82. The fourth-order valence-corrected chi connectivity index (χ4v) is 2.82. The summed E-state index contributed by atoms with van der Waals surface area (Å²) in [5.74, 6) is 0.169. The molecule has 0 aromatic heterocycles. The molecule has 114 valence electrons. The van der Waals surface area contributed by atoms with Crippen molar-refractivity contribution in [1.82, 2.24) is 10.6 Å². The highest BCUT2D eigenvalue weighted by Crippen LogP contribution is 2.16. The van der Waals surface area contributed by atoms with Crippen LogP contribution in [0.3, 0.4) is 0 Å². The lowest BCUT2D eigenvalue weighted by atomic mass is 10.1. The molecule has 5 heteroatoms. The second-order valence-corrected chi connectivity index (χ2v) is 5.69. The molecule has 3 rings (SSSR count). The molecule has 2 aliphatic heterocycles. The van der Waals surface area contributed by atoms with Gasteiger partial charge in [-0.25, -0.2) is 0 Å². The Hall–Kier alpha value is -1.59.